The topological polar surface area (TPSA) is 70.3 Å². The molecule has 2 N–H and O–H groups in total. The van der Waals surface area contributed by atoms with Crippen molar-refractivity contribution in [3.05, 3.63) is 120 Å². The van der Waals surface area contributed by atoms with Crippen LogP contribution >= 0.6 is 0 Å². The van der Waals surface area contributed by atoms with E-state index in [9.17, 15) is 26.3 Å². The minimum Gasteiger partial charge on any atom is -0.369 e. The number of H-pyrrole nitrogens is 2. The molecule has 0 bridgehead atoms. The number of piperazine rings is 2. The smallest absolute Gasteiger partial charge is 0.369 e. The Morgan fingerprint density at radius 2 is 1.17 bits per heavy atom. The van der Waals surface area contributed by atoms with Crippen molar-refractivity contribution in [2.24, 2.45) is 0 Å². The number of nitrogens with zero attached hydrogens (tertiary/aromatic N) is 6. The molecule has 0 saturated carbocycles. The van der Waals surface area contributed by atoms with Crippen molar-refractivity contribution in [1.82, 2.24) is 29.7 Å². The highest BCUT2D eigenvalue weighted by molar-refractivity contribution is 5.81. The van der Waals surface area contributed by atoms with Gasteiger partial charge in [-0.2, -0.15) is 26.3 Å². The number of hydrogen-bond donors (Lipinski definition) is 2. The summed E-state index contributed by atoms with van der Waals surface area (Å²) in [4.78, 5) is 23.3. The van der Waals surface area contributed by atoms with Gasteiger partial charge in [0.1, 0.15) is 5.82 Å². The molecule has 0 aliphatic carbocycles. The number of aromatic amines is 2. The summed E-state index contributed by atoms with van der Waals surface area (Å²) >= 11 is 0. The Hall–Kier alpha value is -5.08. The predicted molar refractivity (Wildman–Crippen MR) is 206 cm³/mol. The Kier molecular flexibility index (Phi) is 12.1. The van der Waals surface area contributed by atoms with Gasteiger partial charge in [0, 0.05) is 120 Å². The van der Waals surface area contributed by atoms with E-state index in [-0.39, 0.29) is 8.67 Å². The van der Waals surface area contributed by atoms with Gasteiger partial charge >= 0.3 is 12.4 Å². The molecule has 6 aromatic rings. The third-order valence-electron chi connectivity index (χ3n) is 9.54. The fourth-order valence-corrected chi connectivity index (χ4v) is 6.86. The first-order valence-electron chi connectivity index (χ1n) is 18.1. The van der Waals surface area contributed by atoms with Gasteiger partial charge in [-0.25, -0.2) is 4.98 Å². The van der Waals surface area contributed by atoms with Gasteiger partial charge in [-0.3, -0.25) is 14.8 Å². The number of fused-ring (bicyclic) bond motifs is 2. The van der Waals surface area contributed by atoms with Crippen molar-refractivity contribution in [3.8, 4) is 0 Å². The zero-order valence-electron chi connectivity index (χ0n) is 30.3. The van der Waals surface area contributed by atoms with E-state index in [1.807, 2.05) is 50.2 Å². The van der Waals surface area contributed by atoms with Crippen LogP contribution in [0.15, 0.2) is 97.5 Å². The molecule has 2 aromatic carbocycles. The van der Waals surface area contributed by atoms with E-state index in [1.165, 1.54) is 35.5 Å². The summed E-state index contributed by atoms with van der Waals surface area (Å²) < 4.78 is 78.1. The number of aromatic nitrogens is 4. The summed E-state index contributed by atoms with van der Waals surface area (Å²) in [5, 5.41) is 1.77. The molecule has 2 fully saturated rings. The fraction of sp³-hybridized carbons (Fsp3) is 0.350. The number of rotatable bonds is 6. The largest absolute Gasteiger partial charge is 0.419 e. The van der Waals surface area contributed by atoms with Crippen LogP contribution in [0.3, 0.4) is 0 Å². The van der Waals surface area contributed by atoms with Gasteiger partial charge in [-0.1, -0.05) is 32.0 Å². The maximum atomic E-state index is 13.2. The number of nitrogens with one attached hydrogen (secondary N) is 2. The van der Waals surface area contributed by atoms with Crippen molar-refractivity contribution in [1.29, 1.82) is 0 Å². The lowest BCUT2D eigenvalue weighted by atomic mass is 10.1. The van der Waals surface area contributed by atoms with E-state index in [0.29, 0.717) is 38.1 Å². The lowest BCUT2D eigenvalue weighted by molar-refractivity contribution is -0.138. The molecule has 14 heteroatoms. The van der Waals surface area contributed by atoms with Crippen LogP contribution in [0.25, 0.3) is 21.8 Å². The second-order valence-electron chi connectivity index (χ2n) is 13.1. The van der Waals surface area contributed by atoms with E-state index >= 15 is 0 Å². The lowest BCUT2D eigenvalue weighted by Crippen LogP contribution is -2.46. The molecule has 8 rings (SSSR count). The summed E-state index contributed by atoms with van der Waals surface area (Å²) in [5.41, 5.74) is 3.80. The number of halogens is 6. The number of hydrogen-bond acceptors (Lipinski definition) is 6. The van der Waals surface area contributed by atoms with Crippen LogP contribution in [0.4, 0.5) is 37.8 Å². The number of alkyl halides is 6. The third-order valence-corrected chi connectivity index (χ3v) is 9.54. The minimum atomic E-state index is -4.38. The standard InChI is InChI=1S/2C19H19F3N4.C2H6.2H2/c20-19(21,22)15-1-2-18-14(11-15)12-16(24-18)13-25-7-9-26(10-8-25)17-3-5-23-6-4-17;20-19(21,22)16-5-3-7-23-18(16)26-10-8-25(9-11-26)13-15-12-14-4-1-2-6-17(14)24-15;1-2;;/h1-6,11-12,24H,7-10,13H2;1-7,12,24H,8-11,13H2;1-2H3;2*1H. The SMILES string of the molecule is CC.FC(F)(F)c1ccc2[nH]c(CN3CCN(c4ccncc4)CC3)cc2c1.FC(F)(F)c1cccnc1N1CCN(Cc2cc3ccccc3[nH]2)CC1.[HH].[HH]. The highest BCUT2D eigenvalue weighted by Crippen LogP contribution is 2.36. The average Bonchev–Trinajstić information content (AvgIpc) is 3.79. The number of benzene rings is 2. The van der Waals surface area contributed by atoms with Gasteiger partial charge in [-0.15, -0.1) is 0 Å². The molecule has 8 nitrogen and oxygen atoms in total. The summed E-state index contributed by atoms with van der Waals surface area (Å²) in [6, 6.07) is 22.3. The predicted octanol–water partition coefficient (Wildman–Crippen LogP) is 9.33. The molecule has 2 aliphatic rings. The van der Waals surface area contributed by atoms with E-state index < -0.39 is 23.5 Å². The van der Waals surface area contributed by atoms with E-state index in [1.54, 1.807) is 17.3 Å². The van der Waals surface area contributed by atoms with Gasteiger partial charge in [0.2, 0.25) is 0 Å². The molecule has 290 valence electrons. The second-order valence-corrected chi connectivity index (χ2v) is 13.1. The van der Waals surface area contributed by atoms with E-state index in [0.717, 1.165) is 67.3 Å². The molecule has 4 aromatic heterocycles. The first-order valence-corrected chi connectivity index (χ1v) is 18.1. The lowest BCUT2D eigenvalue weighted by Gasteiger charge is -2.36. The second kappa shape index (κ2) is 16.9. The van der Waals surface area contributed by atoms with Crippen LogP contribution in [0.1, 0.15) is 39.2 Å². The molecular formula is C40H48F6N8. The first-order chi connectivity index (χ1) is 26.0. The molecule has 0 amide bonds. The molecule has 2 saturated heterocycles. The molecule has 54 heavy (non-hydrogen) atoms. The molecule has 0 atom stereocenters. The normalized spacial score (nSPS) is 15.9. The molecule has 0 spiro atoms. The number of anilines is 2. The maximum absolute atomic E-state index is 13.2. The monoisotopic (exact) mass is 754 g/mol. The van der Waals surface area contributed by atoms with Gasteiger partial charge in [0.25, 0.3) is 0 Å². The zero-order chi connectivity index (χ0) is 38.3. The zero-order valence-corrected chi connectivity index (χ0v) is 30.3. The summed E-state index contributed by atoms with van der Waals surface area (Å²) in [5.74, 6) is 0.0327. The van der Waals surface area contributed by atoms with Crippen LogP contribution in [0.5, 0.6) is 0 Å². The van der Waals surface area contributed by atoms with Gasteiger partial charge in [-0.05, 0) is 66.0 Å². The molecule has 0 radical (unpaired) electrons. The van der Waals surface area contributed by atoms with Crippen LogP contribution < -0.4 is 9.80 Å². The average molecular weight is 755 g/mol. The Bertz CT molecular complexity index is 2050. The van der Waals surface area contributed by atoms with Crippen LogP contribution in [-0.4, -0.2) is 82.1 Å². The van der Waals surface area contributed by atoms with Crippen molar-refractivity contribution >= 4 is 33.3 Å². The van der Waals surface area contributed by atoms with Crippen LogP contribution in [-0.2, 0) is 25.4 Å². The Labute approximate surface area is 313 Å². The van der Waals surface area contributed by atoms with Crippen molar-refractivity contribution in [3.63, 3.8) is 0 Å². The summed E-state index contributed by atoms with van der Waals surface area (Å²) in [6.07, 6.45) is -3.69. The van der Waals surface area contributed by atoms with Crippen molar-refractivity contribution in [2.45, 2.75) is 39.3 Å². The van der Waals surface area contributed by atoms with Gasteiger partial charge in [0.15, 0.2) is 0 Å². The van der Waals surface area contributed by atoms with Crippen LogP contribution in [0.2, 0.25) is 0 Å². The molecule has 2 aliphatic heterocycles. The van der Waals surface area contributed by atoms with E-state index in [4.69, 9.17) is 0 Å². The molecule has 6 heterocycles. The Morgan fingerprint density at radius 3 is 1.76 bits per heavy atom. The van der Waals surface area contributed by atoms with Crippen molar-refractivity contribution < 1.29 is 29.2 Å². The third kappa shape index (κ3) is 9.52. The Morgan fingerprint density at radius 1 is 0.593 bits per heavy atom. The maximum Gasteiger partial charge on any atom is 0.419 e. The van der Waals surface area contributed by atoms with Gasteiger partial charge < -0.3 is 19.8 Å². The van der Waals surface area contributed by atoms with E-state index in [2.05, 4.69) is 46.8 Å². The van der Waals surface area contributed by atoms with Gasteiger partial charge in [0.05, 0.1) is 11.1 Å². The minimum absolute atomic E-state index is 0. The highest BCUT2D eigenvalue weighted by atomic mass is 19.4. The number of para-hydroxylation sites is 1. The fourth-order valence-electron chi connectivity index (χ4n) is 6.86. The molecule has 0 unspecified atom stereocenters. The quantitative estimate of drug-likeness (QED) is 0.165. The molecular weight excluding hydrogens is 706 g/mol. The summed E-state index contributed by atoms with van der Waals surface area (Å²) in [6.45, 7) is 11.6. The number of pyridine rings is 2. The highest BCUT2D eigenvalue weighted by Gasteiger charge is 2.36. The Balaban J connectivity index is 0.000000230. The van der Waals surface area contributed by atoms with Crippen molar-refractivity contribution in [2.75, 3.05) is 62.2 Å². The summed E-state index contributed by atoms with van der Waals surface area (Å²) in [7, 11) is 0. The van der Waals surface area contributed by atoms with Crippen LogP contribution in [0, 0.1) is 0 Å². The first kappa shape index (κ1) is 38.6.